The van der Waals surface area contributed by atoms with Crippen LogP contribution < -0.4 is 0 Å². The summed E-state index contributed by atoms with van der Waals surface area (Å²) in [5.74, 6) is -1.70. The lowest BCUT2D eigenvalue weighted by atomic mass is 10.1. The third kappa shape index (κ3) is 5.26. The summed E-state index contributed by atoms with van der Waals surface area (Å²) < 4.78 is 89.7. The predicted octanol–water partition coefficient (Wildman–Crippen LogP) is 1.20. The molecule has 3 nitrogen and oxygen atoms in total. The van der Waals surface area contributed by atoms with E-state index in [1.165, 1.54) is 0 Å². The topological polar surface area (TPSA) is 54.4 Å². The molecule has 0 aliphatic heterocycles. The third-order valence-corrected chi connectivity index (χ3v) is 2.25. The maximum Gasteiger partial charge on any atom is 0.267 e. The minimum Gasteiger partial charge on any atom is -0.285 e. The van der Waals surface area contributed by atoms with Crippen LogP contribution in [0.15, 0.2) is 0 Å². The molecule has 4 atom stereocenters. The second-order valence-corrected chi connectivity index (χ2v) is 4.32. The Morgan fingerprint density at radius 3 is 1.73 bits per heavy atom. The van der Waals surface area contributed by atoms with Gasteiger partial charge in [-0.05, 0) is 0 Å². The van der Waals surface area contributed by atoms with Gasteiger partial charge in [-0.15, -0.1) is 0 Å². The van der Waals surface area contributed by atoms with Gasteiger partial charge in [0.2, 0.25) is 0 Å². The van der Waals surface area contributed by atoms with Crippen molar-refractivity contribution in [3.63, 3.8) is 0 Å². The molecule has 0 aromatic heterocycles. The SMILES string of the molecule is O=S(=O)(O)CC(F)C(F)C(F)C(F)CF. The first-order valence-electron chi connectivity index (χ1n) is 3.76. The van der Waals surface area contributed by atoms with Crippen LogP contribution in [0, 0.1) is 0 Å². The molecule has 4 unspecified atom stereocenters. The van der Waals surface area contributed by atoms with Gasteiger partial charge in [0, 0.05) is 0 Å². The van der Waals surface area contributed by atoms with Crippen molar-refractivity contribution in [2.45, 2.75) is 24.7 Å². The smallest absolute Gasteiger partial charge is 0.267 e. The lowest BCUT2D eigenvalue weighted by Crippen LogP contribution is -2.39. The zero-order valence-corrected chi connectivity index (χ0v) is 8.10. The van der Waals surface area contributed by atoms with Crippen molar-refractivity contribution >= 4 is 10.1 Å². The van der Waals surface area contributed by atoms with E-state index in [-0.39, 0.29) is 0 Å². The molecule has 0 aliphatic rings. The maximum absolute atomic E-state index is 12.6. The van der Waals surface area contributed by atoms with E-state index >= 15 is 0 Å². The predicted molar refractivity (Wildman–Crippen MR) is 42.0 cm³/mol. The van der Waals surface area contributed by atoms with Gasteiger partial charge in [-0.1, -0.05) is 0 Å². The van der Waals surface area contributed by atoms with E-state index in [4.69, 9.17) is 4.55 Å². The Kier molecular flexibility index (Phi) is 5.43. The van der Waals surface area contributed by atoms with Crippen molar-refractivity contribution in [1.82, 2.24) is 0 Å². The van der Waals surface area contributed by atoms with Gasteiger partial charge in [-0.2, -0.15) is 8.42 Å². The van der Waals surface area contributed by atoms with Gasteiger partial charge in [0.25, 0.3) is 10.1 Å². The standard InChI is InChI=1S/C6H9F5O3S/c7-1-3(8)5(10)6(11)4(9)2-15(12,13)14/h3-6H,1-2H2,(H,12,13,14). The van der Waals surface area contributed by atoms with E-state index in [1.807, 2.05) is 0 Å². The Hall–Kier alpha value is -0.440. The van der Waals surface area contributed by atoms with Crippen LogP contribution in [-0.4, -0.2) is 50.1 Å². The van der Waals surface area contributed by atoms with Crippen molar-refractivity contribution in [3.05, 3.63) is 0 Å². The molecule has 0 rings (SSSR count). The molecule has 0 aromatic rings. The van der Waals surface area contributed by atoms with Crippen LogP contribution in [0.3, 0.4) is 0 Å². The van der Waals surface area contributed by atoms with E-state index < -0.39 is 47.2 Å². The van der Waals surface area contributed by atoms with Gasteiger partial charge in [0.15, 0.2) is 24.7 Å². The number of hydrogen-bond donors (Lipinski definition) is 1. The fraction of sp³-hybridized carbons (Fsp3) is 1.00. The van der Waals surface area contributed by atoms with E-state index in [0.29, 0.717) is 0 Å². The first-order chi connectivity index (χ1) is 6.69. The largest absolute Gasteiger partial charge is 0.285 e. The van der Waals surface area contributed by atoms with Crippen molar-refractivity contribution in [1.29, 1.82) is 0 Å². The summed E-state index contributed by atoms with van der Waals surface area (Å²) in [6.45, 7) is -1.85. The molecule has 0 saturated heterocycles. The van der Waals surface area contributed by atoms with Crippen LogP contribution in [-0.2, 0) is 10.1 Å². The quantitative estimate of drug-likeness (QED) is 0.574. The zero-order chi connectivity index (χ0) is 12.2. The highest BCUT2D eigenvalue weighted by Crippen LogP contribution is 2.18. The number of alkyl halides is 5. The third-order valence-electron chi connectivity index (χ3n) is 1.51. The Labute approximate surface area is 83.0 Å². The monoisotopic (exact) mass is 256 g/mol. The summed E-state index contributed by atoms with van der Waals surface area (Å²) in [6.07, 6.45) is -12.1. The summed E-state index contributed by atoms with van der Waals surface area (Å²) in [5, 5.41) is 0. The highest BCUT2D eigenvalue weighted by Gasteiger charge is 2.37. The average Bonchev–Trinajstić information content (AvgIpc) is 2.11. The van der Waals surface area contributed by atoms with Gasteiger partial charge < -0.3 is 0 Å². The highest BCUT2D eigenvalue weighted by molar-refractivity contribution is 7.85. The molecule has 0 radical (unpaired) electrons. The fourth-order valence-electron chi connectivity index (χ4n) is 0.777. The van der Waals surface area contributed by atoms with Crippen molar-refractivity contribution < 1.29 is 34.9 Å². The molecule has 0 heterocycles. The number of halogens is 5. The van der Waals surface area contributed by atoms with Crippen LogP contribution >= 0.6 is 0 Å². The molecule has 0 aromatic carbocycles. The molecule has 0 bridgehead atoms. The Morgan fingerprint density at radius 2 is 1.40 bits per heavy atom. The van der Waals surface area contributed by atoms with Crippen LogP contribution in [0.2, 0.25) is 0 Å². The lowest BCUT2D eigenvalue weighted by molar-refractivity contribution is 0.0302. The van der Waals surface area contributed by atoms with Crippen molar-refractivity contribution in [2.75, 3.05) is 12.4 Å². The van der Waals surface area contributed by atoms with Crippen molar-refractivity contribution in [2.24, 2.45) is 0 Å². The molecule has 15 heavy (non-hydrogen) atoms. The Bertz CT molecular complexity index is 282. The molecular formula is C6H9F5O3S. The molecular weight excluding hydrogens is 247 g/mol. The Balaban J connectivity index is 4.37. The van der Waals surface area contributed by atoms with Gasteiger partial charge in [0.05, 0.1) is 0 Å². The molecule has 0 fully saturated rings. The molecule has 0 saturated carbocycles. The molecule has 0 spiro atoms. The van der Waals surface area contributed by atoms with Crippen LogP contribution in [0.25, 0.3) is 0 Å². The van der Waals surface area contributed by atoms with E-state index in [1.54, 1.807) is 0 Å². The van der Waals surface area contributed by atoms with Gasteiger partial charge in [0.1, 0.15) is 12.4 Å². The minimum absolute atomic E-state index is 1.70. The zero-order valence-electron chi connectivity index (χ0n) is 7.29. The first-order valence-corrected chi connectivity index (χ1v) is 5.37. The second-order valence-electron chi connectivity index (χ2n) is 2.82. The van der Waals surface area contributed by atoms with Crippen LogP contribution in [0.1, 0.15) is 0 Å². The molecule has 1 N–H and O–H groups in total. The number of rotatable bonds is 6. The normalized spacial score (nSPS) is 20.7. The van der Waals surface area contributed by atoms with Gasteiger partial charge >= 0.3 is 0 Å². The average molecular weight is 256 g/mol. The molecule has 9 heteroatoms. The highest BCUT2D eigenvalue weighted by atomic mass is 32.2. The second kappa shape index (κ2) is 5.59. The lowest BCUT2D eigenvalue weighted by Gasteiger charge is -2.17. The summed E-state index contributed by atoms with van der Waals surface area (Å²) in [4.78, 5) is 0. The minimum atomic E-state index is -4.83. The maximum atomic E-state index is 12.6. The number of hydrogen-bond acceptors (Lipinski definition) is 2. The van der Waals surface area contributed by atoms with Crippen LogP contribution in [0.5, 0.6) is 0 Å². The summed E-state index contributed by atoms with van der Waals surface area (Å²) in [5.41, 5.74) is 0. The summed E-state index contributed by atoms with van der Waals surface area (Å²) in [7, 11) is -4.83. The molecule has 0 aliphatic carbocycles. The van der Waals surface area contributed by atoms with Crippen molar-refractivity contribution in [3.8, 4) is 0 Å². The van der Waals surface area contributed by atoms with E-state index in [2.05, 4.69) is 0 Å². The van der Waals surface area contributed by atoms with E-state index in [9.17, 15) is 30.4 Å². The van der Waals surface area contributed by atoms with E-state index in [0.717, 1.165) is 0 Å². The molecule has 92 valence electrons. The molecule has 0 amide bonds. The summed E-state index contributed by atoms with van der Waals surface area (Å²) in [6, 6.07) is 0. The van der Waals surface area contributed by atoms with Gasteiger partial charge in [-0.3, -0.25) is 4.55 Å². The Morgan fingerprint density at radius 1 is 1.00 bits per heavy atom. The van der Waals surface area contributed by atoms with Gasteiger partial charge in [-0.25, -0.2) is 22.0 Å². The fourth-order valence-corrected chi connectivity index (χ4v) is 1.36. The first kappa shape index (κ1) is 14.6. The van der Waals surface area contributed by atoms with Crippen LogP contribution in [0.4, 0.5) is 22.0 Å². The summed E-state index contributed by atoms with van der Waals surface area (Å²) >= 11 is 0.